The van der Waals surface area contributed by atoms with Crippen molar-refractivity contribution in [2.24, 2.45) is 0 Å². The van der Waals surface area contributed by atoms with Crippen molar-refractivity contribution < 1.29 is 49.1 Å². The normalized spacial score (nSPS) is 16.0. The van der Waals surface area contributed by atoms with Crippen molar-refractivity contribution in [3.63, 3.8) is 0 Å². The van der Waals surface area contributed by atoms with Gasteiger partial charge in [-0.3, -0.25) is 14.4 Å². The molecule has 2 heterocycles. The molecule has 2 aromatic carbocycles. The minimum atomic E-state index is -2.74. The lowest BCUT2D eigenvalue weighted by molar-refractivity contribution is -0.170. The quantitative estimate of drug-likeness (QED) is 0.189. The molecular formula is C34H44Cl2N4O10. The van der Waals surface area contributed by atoms with E-state index in [2.05, 4.69) is 10.2 Å². The molecule has 5 N–H and O–H groups in total. The van der Waals surface area contributed by atoms with Crippen molar-refractivity contribution in [1.82, 2.24) is 20.0 Å². The summed E-state index contributed by atoms with van der Waals surface area (Å²) >= 11 is 12.5. The Labute approximate surface area is 300 Å². The maximum atomic E-state index is 13.1. The number of amides is 3. The smallest absolute Gasteiger partial charge is 0.336 e. The van der Waals surface area contributed by atoms with E-state index in [0.717, 1.165) is 69.7 Å². The van der Waals surface area contributed by atoms with Crippen molar-refractivity contribution in [2.75, 3.05) is 53.4 Å². The highest BCUT2D eigenvalue weighted by atomic mass is 35.5. The van der Waals surface area contributed by atoms with Crippen LogP contribution >= 0.6 is 23.2 Å². The number of carbonyl (C=O) groups excluding carboxylic acids is 2. The number of nitrogens with one attached hydrogen (secondary N) is 1. The van der Waals surface area contributed by atoms with Crippen molar-refractivity contribution in [1.29, 1.82) is 0 Å². The molecule has 0 aromatic heterocycles. The van der Waals surface area contributed by atoms with Gasteiger partial charge in [-0.05, 0) is 74.2 Å². The molecule has 2 saturated heterocycles. The fraction of sp³-hybridized carbons (Fsp3) is 0.500. The number of likely N-dealkylation sites (tertiary alicyclic amines) is 1. The molecule has 0 aliphatic carbocycles. The zero-order chi connectivity index (χ0) is 37.0. The number of methoxy groups -OCH3 is 1. The summed E-state index contributed by atoms with van der Waals surface area (Å²) < 4.78 is 5.21. The molecule has 0 bridgehead atoms. The van der Waals surface area contributed by atoms with Gasteiger partial charge in [0.1, 0.15) is 5.75 Å². The van der Waals surface area contributed by atoms with E-state index in [1.807, 2.05) is 30.1 Å². The van der Waals surface area contributed by atoms with E-state index in [0.29, 0.717) is 28.2 Å². The molecule has 4 rings (SSSR count). The van der Waals surface area contributed by atoms with E-state index in [4.69, 9.17) is 48.4 Å². The van der Waals surface area contributed by atoms with Crippen molar-refractivity contribution >= 4 is 53.0 Å². The molecule has 274 valence electrons. The molecule has 2 aliphatic heterocycles. The third-order valence-corrected chi connectivity index (χ3v) is 9.52. The largest absolute Gasteiger partial charge is 0.497 e. The number of urea groups is 1. The number of piperidine rings is 1. The van der Waals surface area contributed by atoms with E-state index >= 15 is 0 Å². The SMILES string of the molecule is COc1ccc(C(=O)N(C)C[C@@H](CCN2CCC(N3CCCNC3=O)CC2)c2ccc(Cl)c(Cl)c2)cc1.O=C(O)CC(O)(CC(=O)O)C(=O)O. The monoisotopic (exact) mass is 738 g/mol. The maximum Gasteiger partial charge on any atom is 0.336 e. The van der Waals surface area contributed by atoms with Crippen molar-refractivity contribution in [3.05, 3.63) is 63.6 Å². The molecule has 2 aromatic rings. The summed E-state index contributed by atoms with van der Waals surface area (Å²) in [5, 5.41) is 37.8. The Hall–Kier alpha value is -4.11. The summed E-state index contributed by atoms with van der Waals surface area (Å²) in [5.74, 6) is -4.23. The minimum absolute atomic E-state index is 0.0339. The predicted molar refractivity (Wildman–Crippen MR) is 185 cm³/mol. The fourth-order valence-electron chi connectivity index (χ4n) is 6.00. The van der Waals surface area contributed by atoms with Gasteiger partial charge in [0.2, 0.25) is 0 Å². The number of hydrogen-bond donors (Lipinski definition) is 5. The van der Waals surface area contributed by atoms with Crippen LogP contribution in [0.5, 0.6) is 5.75 Å². The number of hydrogen-bond acceptors (Lipinski definition) is 8. The Morgan fingerprint density at radius 3 is 2.12 bits per heavy atom. The molecule has 3 amide bonds. The summed E-state index contributed by atoms with van der Waals surface area (Å²) in [5.41, 5.74) is -1.04. The van der Waals surface area contributed by atoms with Crippen LogP contribution in [-0.4, -0.2) is 130 Å². The molecule has 14 nitrogen and oxygen atoms in total. The van der Waals surface area contributed by atoms with Crippen molar-refractivity contribution in [3.8, 4) is 5.75 Å². The third-order valence-electron chi connectivity index (χ3n) is 8.78. The fourth-order valence-corrected chi connectivity index (χ4v) is 6.31. The Balaban J connectivity index is 0.000000442. The first kappa shape index (κ1) is 40.3. The van der Waals surface area contributed by atoms with E-state index in [1.165, 1.54) is 0 Å². The van der Waals surface area contributed by atoms with Gasteiger partial charge in [-0.15, -0.1) is 0 Å². The summed E-state index contributed by atoms with van der Waals surface area (Å²) in [6.45, 7) is 5.03. The van der Waals surface area contributed by atoms with Gasteiger partial charge in [0.05, 0.1) is 30.0 Å². The third kappa shape index (κ3) is 11.8. The number of nitrogens with zero attached hydrogens (tertiary/aromatic N) is 3. The van der Waals surface area contributed by atoms with E-state index in [1.54, 1.807) is 36.3 Å². The molecule has 0 radical (unpaired) electrons. The number of carbonyl (C=O) groups is 5. The molecule has 1 atom stereocenters. The van der Waals surface area contributed by atoms with Crippen LogP contribution in [0.4, 0.5) is 4.79 Å². The minimum Gasteiger partial charge on any atom is -0.497 e. The second-order valence-corrected chi connectivity index (χ2v) is 13.2. The second-order valence-electron chi connectivity index (χ2n) is 12.4. The number of benzene rings is 2. The van der Waals surface area contributed by atoms with Crippen molar-refractivity contribution in [2.45, 2.75) is 56.1 Å². The maximum absolute atomic E-state index is 13.1. The molecule has 0 unspecified atom stereocenters. The zero-order valence-corrected chi connectivity index (χ0v) is 29.5. The second kappa shape index (κ2) is 18.8. The summed E-state index contributed by atoms with van der Waals surface area (Å²) in [6.07, 6.45) is 1.58. The van der Waals surface area contributed by atoms with Crippen LogP contribution < -0.4 is 10.1 Å². The van der Waals surface area contributed by atoms with E-state index in [9.17, 15) is 24.0 Å². The molecule has 50 heavy (non-hydrogen) atoms. The number of carboxylic acids is 3. The molecule has 2 aliphatic rings. The first-order chi connectivity index (χ1) is 23.6. The Bertz CT molecular complexity index is 1490. The average Bonchev–Trinajstić information content (AvgIpc) is 3.07. The van der Waals surface area contributed by atoms with Gasteiger partial charge in [-0.1, -0.05) is 29.3 Å². The lowest BCUT2D eigenvalue weighted by atomic mass is 9.93. The summed E-state index contributed by atoms with van der Waals surface area (Å²) in [7, 11) is 3.45. The number of aliphatic hydroxyl groups is 1. The predicted octanol–water partition coefficient (Wildman–Crippen LogP) is 3.88. The van der Waals surface area contributed by atoms with Crippen LogP contribution in [0, 0.1) is 0 Å². The lowest BCUT2D eigenvalue weighted by Crippen LogP contribution is -2.54. The number of rotatable bonds is 14. The Kier molecular flexibility index (Phi) is 15.1. The number of likely N-dealkylation sites (N-methyl/N-ethyl adjacent to an activating group) is 1. The van der Waals surface area contributed by atoms with Gasteiger partial charge < -0.3 is 45.2 Å². The molecule has 2 fully saturated rings. The number of carboxylic acid groups (broad SMARTS) is 3. The van der Waals surface area contributed by atoms with Crippen LogP contribution in [0.2, 0.25) is 10.0 Å². The van der Waals surface area contributed by atoms with Crippen LogP contribution in [-0.2, 0) is 14.4 Å². The highest BCUT2D eigenvalue weighted by molar-refractivity contribution is 6.42. The van der Waals surface area contributed by atoms with Gasteiger partial charge in [0, 0.05) is 57.3 Å². The molecule has 0 saturated carbocycles. The van der Waals surface area contributed by atoms with Gasteiger partial charge in [0.15, 0.2) is 5.60 Å². The Morgan fingerprint density at radius 2 is 1.60 bits per heavy atom. The number of ether oxygens (including phenoxy) is 1. The highest BCUT2D eigenvalue weighted by Gasteiger charge is 2.40. The van der Waals surface area contributed by atoms with Crippen LogP contribution in [0.15, 0.2) is 42.5 Å². The zero-order valence-electron chi connectivity index (χ0n) is 28.0. The topological polar surface area (TPSA) is 197 Å². The van der Waals surface area contributed by atoms with Crippen LogP contribution in [0.1, 0.15) is 60.4 Å². The molecule has 0 spiro atoms. The molecular weight excluding hydrogens is 695 g/mol. The lowest BCUT2D eigenvalue weighted by Gasteiger charge is -2.40. The summed E-state index contributed by atoms with van der Waals surface area (Å²) in [6, 6.07) is 13.3. The van der Waals surface area contributed by atoms with Crippen LogP contribution in [0.25, 0.3) is 0 Å². The molecule has 16 heteroatoms. The average molecular weight is 740 g/mol. The van der Waals surface area contributed by atoms with E-state index in [-0.39, 0.29) is 17.9 Å². The van der Waals surface area contributed by atoms with Gasteiger partial charge >= 0.3 is 23.9 Å². The van der Waals surface area contributed by atoms with Gasteiger partial charge in [-0.25, -0.2) is 9.59 Å². The summed E-state index contributed by atoms with van der Waals surface area (Å²) in [4.78, 5) is 62.1. The first-order valence-electron chi connectivity index (χ1n) is 16.1. The van der Waals surface area contributed by atoms with Gasteiger partial charge in [0.25, 0.3) is 5.91 Å². The van der Waals surface area contributed by atoms with Crippen LogP contribution in [0.3, 0.4) is 0 Å². The van der Waals surface area contributed by atoms with E-state index < -0.39 is 36.4 Å². The first-order valence-corrected chi connectivity index (χ1v) is 16.9. The standard InChI is InChI=1S/C28H36Cl2N4O3.C6H8O7/c1-32(27(35)20-4-7-24(37-2)8-5-20)19-22(21-6-9-25(29)26(30)18-21)10-15-33-16-11-23(12-17-33)34-14-3-13-31-28(34)36;7-3(8)1-6(13,5(11)12)2-4(9)10/h4-9,18,22-23H,3,10-17,19H2,1-2H3,(H,31,36);13H,1-2H2,(H,7,8)(H,9,10)(H,11,12)/t22-;/m1./s1. The van der Waals surface area contributed by atoms with Gasteiger partial charge in [-0.2, -0.15) is 0 Å². The Morgan fingerprint density at radius 1 is 0.980 bits per heavy atom. The number of aliphatic carboxylic acids is 3. The number of halogens is 2. The highest BCUT2D eigenvalue weighted by Crippen LogP contribution is 2.30.